The lowest BCUT2D eigenvalue weighted by Gasteiger charge is -2.33. The number of carboxylic acids is 1. The third-order valence-corrected chi connectivity index (χ3v) is 4.86. The van der Waals surface area contributed by atoms with Crippen molar-refractivity contribution in [3.63, 3.8) is 0 Å². The molecule has 21 heavy (non-hydrogen) atoms. The molecule has 0 aliphatic heterocycles. The number of hydrogen-bond donors (Lipinski definition) is 2. The number of nitrogens with one attached hydrogen (secondary N) is 1. The molecule has 112 valence electrons. The molecule has 0 heterocycles. The van der Waals surface area contributed by atoms with Gasteiger partial charge in [-0.1, -0.05) is 19.3 Å². The largest absolute Gasteiger partial charge is 0.481 e. The maximum absolute atomic E-state index is 14.1. The molecule has 1 aliphatic carbocycles. The topological polar surface area (TPSA) is 73.1 Å². The van der Waals surface area contributed by atoms with Gasteiger partial charge in [-0.25, -0.2) is 4.39 Å². The first kappa shape index (κ1) is 15.8. The molecular weight excluding hydrogens is 339 g/mol. The third kappa shape index (κ3) is 3.18. The first-order valence-electron chi connectivity index (χ1n) is 6.85. The number of rotatable bonds is 4. The Bertz CT molecular complexity index is 592. The van der Waals surface area contributed by atoms with Gasteiger partial charge in [-0.15, -0.1) is 0 Å². The number of carboxylic acid groups (broad SMARTS) is 1. The molecule has 0 saturated heterocycles. The number of anilines is 1. The van der Waals surface area contributed by atoms with E-state index >= 15 is 0 Å². The highest BCUT2D eigenvalue weighted by Gasteiger charge is 2.39. The van der Waals surface area contributed by atoms with Gasteiger partial charge in [0.15, 0.2) is 5.82 Å². The number of halogens is 2. The van der Waals surface area contributed by atoms with Gasteiger partial charge in [-0.2, -0.15) is 5.26 Å². The van der Waals surface area contributed by atoms with E-state index in [1.165, 1.54) is 12.1 Å². The summed E-state index contributed by atoms with van der Waals surface area (Å²) in [6.07, 6.45) is 4.02. The van der Waals surface area contributed by atoms with Gasteiger partial charge in [0, 0.05) is 6.54 Å². The molecule has 2 N–H and O–H groups in total. The fraction of sp³-hybridized carbons (Fsp3) is 0.467. The van der Waals surface area contributed by atoms with Gasteiger partial charge < -0.3 is 10.4 Å². The summed E-state index contributed by atoms with van der Waals surface area (Å²) in [7, 11) is 0. The highest BCUT2D eigenvalue weighted by molar-refractivity contribution is 9.10. The highest BCUT2D eigenvalue weighted by Crippen LogP contribution is 2.37. The van der Waals surface area contributed by atoms with E-state index in [4.69, 9.17) is 5.26 Å². The fourth-order valence-corrected chi connectivity index (χ4v) is 3.17. The zero-order chi connectivity index (χ0) is 15.5. The summed E-state index contributed by atoms with van der Waals surface area (Å²) in [5.74, 6) is -1.40. The molecule has 0 bridgehead atoms. The molecule has 0 spiro atoms. The summed E-state index contributed by atoms with van der Waals surface area (Å²) in [5.41, 5.74) is -0.402. The van der Waals surface area contributed by atoms with Crippen LogP contribution in [0.25, 0.3) is 0 Å². The second-order valence-electron chi connectivity index (χ2n) is 5.40. The number of hydrogen-bond acceptors (Lipinski definition) is 3. The average molecular weight is 355 g/mol. The number of nitrogens with zero attached hydrogens (tertiary/aromatic N) is 1. The van der Waals surface area contributed by atoms with Crippen LogP contribution in [0.5, 0.6) is 0 Å². The van der Waals surface area contributed by atoms with Crippen molar-refractivity contribution in [2.24, 2.45) is 5.41 Å². The van der Waals surface area contributed by atoms with Crippen LogP contribution in [0.4, 0.5) is 10.1 Å². The van der Waals surface area contributed by atoms with Crippen molar-refractivity contribution < 1.29 is 14.3 Å². The summed E-state index contributed by atoms with van der Waals surface area (Å²) in [6.45, 7) is 0.192. The van der Waals surface area contributed by atoms with E-state index in [9.17, 15) is 14.3 Å². The van der Waals surface area contributed by atoms with Crippen molar-refractivity contribution in [1.82, 2.24) is 0 Å². The van der Waals surface area contributed by atoms with Gasteiger partial charge in [-0.3, -0.25) is 4.79 Å². The minimum absolute atomic E-state index is 0.100. The van der Waals surface area contributed by atoms with Crippen LogP contribution in [0.1, 0.15) is 37.7 Å². The molecule has 4 nitrogen and oxygen atoms in total. The Morgan fingerprint density at radius 1 is 1.43 bits per heavy atom. The van der Waals surface area contributed by atoms with Gasteiger partial charge in [0.25, 0.3) is 0 Å². The average Bonchev–Trinajstić information content (AvgIpc) is 2.49. The maximum atomic E-state index is 14.1. The summed E-state index contributed by atoms with van der Waals surface area (Å²) < 4.78 is 14.2. The molecule has 1 aliphatic rings. The molecule has 0 amide bonds. The van der Waals surface area contributed by atoms with Gasteiger partial charge in [-0.05, 0) is 40.9 Å². The second kappa shape index (κ2) is 6.44. The summed E-state index contributed by atoms with van der Waals surface area (Å²) in [5, 5.41) is 21.2. The second-order valence-corrected chi connectivity index (χ2v) is 6.19. The summed E-state index contributed by atoms with van der Waals surface area (Å²) in [4.78, 5) is 11.6. The van der Waals surface area contributed by atoms with Crippen molar-refractivity contribution >= 4 is 27.6 Å². The molecule has 0 atom stereocenters. The van der Waals surface area contributed by atoms with Crippen molar-refractivity contribution in [1.29, 1.82) is 5.26 Å². The summed E-state index contributed by atoms with van der Waals surface area (Å²) in [6, 6.07) is 4.86. The van der Waals surface area contributed by atoms with E-state index < -0.39 is 17.2 Å². The lowest BCUT2D eigenvalue weighted by molar-refractivity contribution is -0.150. The Morgan fingerprint density at radius 2 is 2.10 bits per heavy atom. The van der Waals surface area contributed by atoms with Crippen molar-refractivity contribution in [3.05, 3.63) is 28.0 Å². The Morgan fingerprint density at radius 3 is 2.67 bits per heavy atom. The molecular formula is C15H16BrFN2O2. The van der Waals surface area contributed by atoms with Gasteiger partial charge >= 0.3 is 5.97 Å². The molecule has 0 aromatic heterocycles. The molecule has 1 aromatic rings. The predicted molar refractivity (Wildman–Crippen MR) is 80.5 cm³/mol. The Hall–Kier alpha value is -1.61. The van der Waals surface area contributed by atoms with E-state index in [1.54, 1.807) is 0 Å². The van der Waals surface area contributed by atoms with Crippen LogP contribution in [-0.4, -0.2) is 17.6 Å². The minimum atomic E-state index is -0.831. The number of nitriles is 1. The maximum Gasteiger partial charge on any atom is 0.311 e. The first-order valence-corrected chi connectivity index (χ1v) is 7.65. The quantitative estimate of drug-likeness (QED) is 0.859. The lowest BCUT2D eigenvalue weighted by atomic mass is 9.74. The van der Waals surface area contributed by atoms with E-state index in [0.29, 0.717) is 12.8 Å². The van der Waals surface area contributed by atoms with Crippen LogP contribution in [0.3, 0.4) is 0 Å². The van der Waals surface area contributed by atoms with E-state index in [2.05, 4.69) is 21.2 Å². The standard InChI is InChI=1S/C15H16BrFN2O2/c16-12-10(8-18)4-5-11(13(12)17)19-9-15(14(20)21)6-2-1-3-7-15/h4-5,19H,1-3,6-7,9H2,(H,20,21). The molecule has 2 rings (SSSR count). The van der Waals surface area contributed by atoms with Crippen LogP contribution < -0.4 is 5.32 Å². The highest BCUT2D eigenvalue weighted by atomic mass is 79.9. The van der Waals surface area contributed by atoms with Crippen LogP contribution in [0.15, 0.2) is 16.6 Å². The monoisotopic (exact) mass is 354 g/mol. The third-order valence-electron chi connectivity index (χ3n) is 4.08. The zero-order valence-corrected chi connectivity index (χ0v) is 13.0. The van der Waals surface area contributed by atoms with Crippen molar-refractivity contribution in [3.8, 4) is 6.07 Å². The van der Waals surface area contributed by atoms with Crippen LogP contribution in [-0.2, 0) is 4.79 Å². The smallest absolute Gasteiger partial charge is 0.311 e. The lowest BCUT2D eigenvalue weighted by Crippen LogP contribution is -2.39. The molecule has 1 fully saturated rings. The SMILES string of the molecule is N#Cc1ccc(NCC2(C(=O)O)CCCCC2)c(F)c1Br. The molecule has 1 saturated carbocycles. The van der Waals surface area contributed by atoms with Crippen molar-refractivity contribution in [2.45, 2.75) is 32.1 Å². The van der Waals surface area contributed by atoms with Gasteiger partial charge in [0.1, 0.15) is 6.07 Å². The summed E-state index contributed by atoms with van der Waals surface area (Å²) >= 11 is 3.05. The van der Waals surface area contributed by atoms with Gasteiger partial charge in [0.05, 0.1) is 21.1 Å². The Labute approximate surface area is 131 Å². The normalized spacial score (nSPS) is 17.0. The molecule has 1 aromatic carbocycles. The van der Waals surface area contributed by atoms with Crippen molar-refractivity contribution in [2.75, 3.05) is 11.9 Å². The Kier molecular flexibility index (Phi) is 4.84. The van der Waals surface area contributed by atoms with Gasteiger partial charge in [0.2, 0.25) is 0 Å². The molecule has 0 radical (unpaired) electrons. The molecule has 0 unspecified atom stereocenters. The molecule has 6 heteroatoms. The van der Waals surface area contributed by atoms with E-state index in [-0.39, 0.29) is 22.3 Å². The van der Waals surface area contributed by atoms with E-state index in [0.717, 1.165) is 19.3 Å². The van der Waals surface area contributed by atoms with Crippen LogP contribution >= 0.6 is 15.9 Å². The number of benzene rings is 1. The number of aliphatic carboxylic acids is 1. The van der Waals surface area contributed by atoms with E-state index in [1.807, 2.05) is 6.07 Å². The first-order chi connectivity index (χ1) is 10.00. The minimum Gasteiger partial charge on any atom is -0.481 e. The fourth-order valence-electron chi connectivity index (χ4n) is 2.73. The predicted octanol–water partition coefficient (Wildman–Crippen LogP) is 3.91. The van der Waals surface area contributed by atoms with Crippen LogP contribution in [0, 0.1) is 22.6 Å². The number of carbonyl (C=O) groups is 1. The van der Waals surface area contributed by atoms with Crippen LogP contribution in [0.2, 0.25) is 0 Å². The zero-order valence-electron chi connectivity index (χ0n) is 11.5. The Balaban J connectivity index is 2.17.